The molecule has 0 spiro atoms. The van der Waals surface area contributed by atoms with Crippen molar-refractivity contribution >= 4 is 23.2 Å². The van der Waals surface area contributed by atoms with Gasteiger partial charge in [0.1, 0.15) is 0 Å². The molecule has 1 saturated heterocycles. The highest BCUT2D eigenvalue weighted by Gasteiger charge is 2.35. The molecule has 2 aliphatic rings. The number of benzene rings is 2. The summed E-state index contributed by atoms with van der Waals surface area (Å²) in [6, 6.07) is 11.4. The number of hydrogen-bond donors (Lipinski definition) is 1. The Labute approximate surface area is 170 Å². The van der Waals surface area contributed by atoms with Crippen LogP contribution >= 0.6 is 0 Å². The Kier molecular flexibility index (Phi) is 5.43. The molecule has 29 heavy (non-hydrogen) atoms. The molecule has 0 radical (unpaired) electrons. The lowest BCUT2D eigenvalue weighted by molar-refractivity contribution is -0.122. The summed E-state index contributed by atoms with van der Waals surface area (Å²) in [7, 11) is 3.13. The smallest absolute Gasteiger partial charge is 0.229 e. The number of fused-ring (bicyclic) bond motifs is 1. The number of methoxy groups -OCH3 is 2. The van der Waals surface area contributed by atoms with Gasteiger partial charge in [0.15, 0.2) is 11.5 Å². The maximum atomic E-state index is 12.9. The summed E-state index contributed by atoms with van der Waals surface area (Å²) in [5.41, 5.74) is 4.17. The Morgan fingerprint density at radius 1 is 1.07 bits per heavy atom. The number of nitrogens with one attached hydrogen (secondary N) is 1. The molecule has 1 aliphatic carbocycles. The van der Waals surface area contributed by atoms with Gasteiger partial charge in [0.2, 0.25) is 11.8 Å². The molecule has 1 unspecified atom stereocenters. The number of aryl methyl sites for hydroxylation is 1. The first kappa shape index (κ1) is 19.3. The molecule has 1 atom stereocenters. The van der Waals surface area contributed by atoms with E-state index in [0.717, 1.165) is 24.9 Å². The molecule has 1 N–H and O–H groups in total. The summed E-state index contributed by atoms with van der Waals surface area (Å²) in [6.45, 7) is 0.356. The molecule has 1 heterocycles. The van der Waals surface area contributed by atoms with Crippen LogP contribution in [0.4, 0.5) is 11.4 Å². The standard InChI is InChI=1S/C23H26N2O4/c1-28-20-11-10-17(13-21(20)29-2)25-14-16(12-22(25)26)23(27)24-19-9-5-7-15-6-3-4-8-18(15)19/h5,7,9-11,13,16H,3-4,6,8,12,14H2,1-2H3,(H,24,27). The van der Waals surface area contributed by atoms with Crippen LogP contribution in [0.25, 0.3) is 0 Å². The lowest BCUT2D eigenvalue weighted by Gasteiger charge is -2.21. The molecule has 1 aliphatic heterocycles. The molecular formula is C23H26N2O4. The van der Waals surface area contributed by atoms with E-state index in [1.807, 2.05) is 18.2 Å². The Hall–Kier alpha value is -3.02. The van der Waals surface area contributed by atoms with Gasteiger partial charge < -0.3 is 19.7 Å². The van der Waals surface area contributed by atoms with E-state index >= 15 is 0 Å². The fourth-order valence-corrected chi connectivity index (χ4v) is 4.26. The summed E-state index contributed by atoms with van der Waals surface area (Å²) in [4.78, 5) is 27.2. The van der Waals surface area contributed by atoms with Gasteiger partial charge in [-0.1, -0.05) is 12.1 Å². The van der Waals surface area contributed by atoms with Gasteiger partial charge in [0.05, 0.1) is 20.1 Å². The molecule has 6 heteroatoms. The maximum Gasteiger partial charge on any atom is 0.229 e. The van der Waals surface area contributed by atoms with E-state index in [1.165, 1.54) is 17.5 Å². The third-order valence-electron chi connectivity index (χ3n) is 5.83. The molecule has 152 valence electrons. The minimum atomic E-state index is -0.380. The number of amides is 2. The second-order valence-corrected chi connectivity index (χ2v) is 7.58. The zero-order valence-electron chi connectivity index (χ0n) is 16.9. The highest BCUT2D eigenvalue weighted by atomic mass is 16.5. The van der Waals surface area contributed by atoms with Crippen molar-refractivity contribution in [2.45, 2.75) is 32.1 Å². The van der Waals surface area contributed by atoms with Crippen molar-refractivity contribution in [3.8, 4) is 11.5 Å². The van der Waals surface area contributed by atoms with Gasteiger partial charge in [-0.15, -0.1) is 0 Å². The van der Waals surface area contributed by atoms with Crippen molar-refractivity contribution in [2.24, 2.45) is 5.92 Å². The lowest BCUT2D eigenvalue weighted by atomic mass is 9.90. The van der Waals surface area contributed by atoms with Gasteiger partial charge in [-0.25, -0.2) is 0 Å². The quantitative estimate of drug-likeness (QED) is 0.842. The summed E-state index contributed by atoms with van der Waals surface area (Å²) in [5.74, 6) is 0.621. The van der Waals surface area contributed by atoms with E-state index in [2.05, 4.69) is 11.4 Å². The number of ether oxygens (including phenoxy) is 2. The van der Waals surface area contributed by atoms with Gasteiger partial charge in [-0.05, 0) is 55.0 Å². The molecule has 0 bridgehead atoms. The van der Waals surface area contributed by atoms with Gasteiger partial charge >= 0.3 is 0 Å². The normalized spacial score (nSPS) is 18.3. The number of nitrogens with zero attached hydrogens (tertiary/aromatic N) is 1. The molecule has 2 aromatic carbocycles. The van der Waals surface area contributed by atoms with Crippen LogP contribution in [-0.2, 0) is 22.4 Å². The average Bonchev–Trinajstić information content (AvgIpc) is 3.15. The fourth-order valence-electron chi connectivity index (χ4n) is 4.26. The molecule has 2 aromatic rings. The van der Waals surface area contributed by atoms with E-state index in [1.54, 1.807) is 31.3 Å². The first-order chi connectivity index (χ1) is 14.1. The van der Waals surface area contributed by atoms with Gasteiger partial charge in [0.25, 0.3) is 0 Å². The third kappa shape index (κ3) is 3.79. The molecule has 0 aromatic heterocycles. The number of carbonyl (C=O) groups is 2. The molecule has 1 fully saturated rings. The fraction of sp³-hybridized carbons (Fsp3) is 0.391. The van der Waals surface area contributed by atoms with Crippen molar-refractivity contribution in [3.05, 3.63) is 47.5 Å². The van der Waals surface area contributed by atoms with E-state index in [0.29, 0.717) is 23.7 Å². The van der Waals surface area contributed by atoms with Gasteiger partial charge in [-0.2, -0.15) is 0 Å². The zero-order chi connectivity index (χ0) is 20.4. The van der Waals surface area contributed by atoms with Gasteiger partial charge in [0, 0.05) is 30.4 Å². The molecule has 2 amide bonds. The minimum Gasteiger partial charge on any atom is -0.493 e. The van der Waals surface area contributed by atoms with Crippen molar-refractivity contribution in [2.75, 3.05) is 31.0 Å². The summed E-state index contributed by atoms with van der Waals surface area (Å²) < 4.78 is 10.6. The highest BCUT2D eigenvalue weighted by Crippen LogP contribution is 2.35. The highest BCUT2D eigenvalue weighted by molar-refractivity contribution is 6.03. The van der Waals surface area contributed by atoms with Crippen LogP contribution in [0.1, 0.15) is 30.4 Å². The first-order valence-corrected chi connectivity index (χ1v) is 10.0. The number of anilines is 2. The largest absolute Gasteiger partial charge is 0.493 e. The van der Waals surface area contributed by atoms with Gasteiger partial charge in [-0.3, -0.25) is 9.59 Å². The second-order valence-electron chi connectivity index (χ2n) is 7.58. The third-order valence-corrected chi connectivity index (χ3v) is 5.83. The minimum absolute atomic E-state index is 0.0625. The number of rotatable bonds is 5. The van der Waals surface area contributed by atoms with Crippen LogP contribution in [0, 0.1) is 5.92 Å². The zero-order valence-corrected chi connectivity index (χ0v) is 16.9. The molecular weight excluding hydrogens is 368 g/mol. The number of hydrogen-bond acceptors (Lipinski definition) is 4. The summed E-state index contributed by atoms with van der Waals surface area (Å²) >= 11 is 0. The summed E-state index contributed by atoms with van der Waals surface area (Å²) in [5, 5.41) is 3.08. The predicted molar refractivity (Wildman–Crippen MR) is 112 cm³/mol. The SMILES string of the molecule is COc1ccc(N2CC(C(=O)Nc3cccc4c3CCCC4)CC2=O)cc1OC. The Morgan fingerprint density at radius 2 is 1.86 bits per heavy atom. The van der Waals surface area contributed by atoms with Crippen LogP contribution in [0.2, 0.25) is 0 Å². The van der Waals surface area contributed by atoms with E-state index < -0.39 is 0 Å². The van der Waals surface area contributed by atoms with Crippen molar-refractivity contribution in [3.63, 3.8) is 0 Å². The Balaban J connectivity index is 1.49. The van der Waals surface area contributed by atoms with Crippen LogP contribution in [-0.4, -0.2) is 32.6 Å². The van der Waals surface area contributed by atoms with Crippen LogP contribution in [0.3, 0.4) is 0 Å². The Bertz CT molecular complexity index is 940. The van der Waals surface area contributed by atoms with Crippen molar-refractivity contribution in [1.82, 2.24) is 0 Å². The lowest BCUT2D eigenvalue weighted by Crippen LogP contribution is -2.28. The molecule has 4 rings (SSSR count). The second kappa shape index (κ2) is 8.15. The molecule has 0 saturated carbocycles. The average molecular weight is 394 g/mol. The predicted octanol–water partition coefficient (Wildman–Crippen LogP) is 3.57. The maximum absolute atomic E-state index is 12.9. The first-order valence-electron chi connectivity index (χ1n) is 10.0. The van der Waals surface area contributed by atoms with Crippen molar-refractivity contribution < 1.29 is 19.1 Å². The number of carbonyl (C=O) groups excluding carboxylic acids is 2. The van der Waals surface area contributed by atoms with Crippen molar-refractivity contribution in [1.29, 1.82) is 0 Å². The summed E-state index contributed by atoms with van der Waals surface area (Å²) in [6.07, 6.45) is 4.60. The van der Waals surface area contributed by atoms with E-state index in [-0.39, 0.29) is 24.2 Å². The topological polar surface area (TPSA) is 67.9 Å². The van der Waals surface area contributed by atoms with Crippen LogP contribution in [0.15, 0.2) is 36.4 Å². The monoisotopic (exact) mass is 394 g/mol. The van der Waals surface area contributed by atoms with E-state index in [4.69, 9.17) is 9.47 Å². The van der Waals surface area contributed by atoms with Crippen LogP contribution < -0.4 is 19.7 Å². The van der Waals surface area contributed by atoms with E-state index in [9.17, 15) is 9.59 Å². The Morgan fingerprint density at radius 3 is 2.66 bits per heavy atom. The molecule has 6 nitrogen and oxygen atoms in total. The van der Waals surface area contributed by atoms with Crippen LogP contribution in [0.5, 0.6) is 11.5 Å².